The molecular weight excluding hydrogens is 205 g/mol. The maximum Gasteiger partial charge on any atom is 0.305 e. The second kappa shape index (κ2) is 11.1. The second-order valence-corrected chi connectivity index (χ2v) is 2.62. The summed E-state index contributed by atoms with van der Waals surface area (Å²) in [5.41, 5.74) is 0. The molecule has 0 radical (unpaired) electrons. The van der Waals surface area contributed by atoms with Crippen LogP contribution in [0.25, 0.3) is 0 Å². The molecule has 0 atom stereocenters. The molecule has 2 nitrogen and oxygen atoms in total. The van der Waals surface area contributed by atoms with Crippen molar-refractivity contribution in [3.63, 3.8) is 0 Å². The van der Waals surface area contributed by atoms with Crippen LogP contribution in [-0.2, 0) is 29.0 Å². The van der Waals surface area contributed by atoms with Gasteiger partial charge in [-0.3, -0.25) is 4.79 Å². The molecule has 0 N–H and O–H groups in total. The van der Waals surface area contributed by atoms with Gasteiger partial charge in [-0.1, -0.05) is 26.2 Å². The van der Waals surface area contributed by atoms with Crippen LogP contribution in [0.3, 0.4) is 0 Å². The Kier molecular flexibility index (Phi) is 13.5. The minimum absolute atomic E-state index is 0. The molecule has 0 bridgehead atoms. The number of rotatable bonds is 6. The van der Waals surface area contributed by atoms with Crippen molar-refractivity contribution in [2.45, 2.75) is 46.0 Å². The molecule has 0 amide bonds. The average Bonchev–Trinajstić information content (AvgIpc) is 1.99. The summed E-state index contributed by atoms with van der Waals surface area (Å²) in [7, 11) is 0. The van der Waals surface area contributed by atoms with E-state index in [0.29, 0.717) is 13.0 Å². The Morgan fingerprint density at radius 3 is 2.33 bits per heavy atom. The number of unbranched alkanes of at least 4 members (excludes halogenated alkanes) is 3. The van der Waals surface area contributed by atoms with Crippen molar-refractivity contribution < 1.29 is 29.0 Å². The second-order valence-electron chi connectivity index (χ2n) is 2.62. The molecule has 0 aliphatic rings. The van der Waals surface area contributed by atoms with Crippen LogP contribution in [0.1, 0.15) is 46.0 Å². The topological polar surface area (TPSA) is 26.3 Å². The molecule has 0 aromatic rings. The zero-order valence-electron chi connectivity index (χ0n) is 8.27. The first kappa shape index (κ1) is 14.6. The van der Waals surface area contributed by atoms with Crippen LogP contribution in [-0.4, -0.2) is 12.6 Å². The third kappa shape index (κ3) is 10.1. The standard InChI is InChI=1S/C9H18O2.Zn/c1-3-5-6-7-8-9(10)11-4-2;/h3-8H2,1-2H3;. The molecule has 0 saturated carbocycles. The number of carbonyl (C=O) groups is 1. The normalized spacial score (nSPS) is 8.83. The fraction of sp³-hybridized carbons (Fsp3) is 0.889. The molecule has 0 aromatic carbocycles. The van der Waals surface area contributed by atoms with Crippen molar-refractivity contribution in [2.75, 3.05) is 6.61 Å². The zero-order valence-corrected chi connectivity index (χ0v) is 11.2. The fourth-order valence-electron chi connectivity index (χ4n) is 0.929. The number of carbonyl (C=O) groups excluding carboxylic acids is 1. The summed E-state index contributed by atoms with van der Waals surface area (Å²) in [4.78, 5) is 10.8. The number of ether oxygens (including phenoxy) is 1. The van der Waals surface area contributed by atoms with Gasteiger partial charge in [-0.15, -0.1) is 0 Å². The summed E-state index contributed by atoms with van der Waals surface area (Å²) in [6.45, 7) is 4.50. The van der Waals surface area contributed by atoms with Crippen LogP contribution in [0.2, 0.25) is 0 Å². The predicted octanol–water partition coefficient (Wildman–Crippen LogP) is 2.52. The van der Waals surface area contributed by atoms with Gasteiger partial charge in [0.2, 0.25) is 0 Å². The van der Waals surface area contributed by atoms with Crippen molar-refractivity contribution in [1.82, 2.24) is 0 Å². The molecule has 0 aliphatic heterocycles. The molecule has 12 heavy (non-hydrogen) atoms. The quantitative estimate of drug-likeness (QED) is 0.393. The molecule has 0 aliphatic carbocycles. The summed E-state index contributed by atoms with van der Waals surface area (Å²) in [6.07, 6.45) is 5.15. The van der Waals surface area contributed by atoms with Gasteiger partial charge in [0.1, 0.15) is 0 Å². The number of hydrogen-bond donors (Lipinski definition) is 0. The van der Waals surface area contributed by atoms with E-state index in [1.807, 2.05) is 6.92 Å². The van der Waals surface area contributed by atoms with Gasteiger partial charge < -0.3 is 4.74 Å². The Balaban J connectivity index is 0. The van der Waals surface area contributed by atoms with Gasteiger partial charge in [0.25, 0.3) is 0 Å². The van der Waals surface area contributed by atoms with Crippen molar-refractivity contribution in [1.29, 1.82) is 0 Å². The molecule has 0 saturated heterocycles. The third-order valence-electron chi connectivity index (χ3n) is 1.54. The SMILES string of the molecule is CCCCCCC(=O)OCC.[Zn]. The van der Waals surface area contributed by atoms with Gasteiger partial charge in [0, 0.05) is 25.9 Å². The van der Waals surface area contributed by atoms with Gasteiger partial charge in [0.05, 0.1) is 6.61 Å². The smallest absolute Gasteiger partial charge is 0.305 e. The molecule has 68 valence electrons. The van der Waals surface area contributed by atoms with E-state index in [2.05, 4.69) is 6.92 Å². The largest absolute Gasteiger partial charge is 0.466 e. The van der Waals surface area contributed by atoms with Gasteiger partial charge in [-0.25, -0.2) is 0 Å². The summed E-state index contributed by atoms with van der Waals surface area (Å²) >= 11 is 0. The monoisotopic (exact) mass is 222 g/mol. The van der Waals surface area contributed by atoms with E-state index in [9.17, 15) is 4.79 Å². The maximum atomic E-state index is 10.8. The van der Waals surface area contributed by atoms with E-state index in [0.717, 1.165) is 12.8 Å². The molecular formula is C9H18O2Zn. The Morgan fingerprint density at radius 1 is 1.17 bits per heavy atom. The minimum Gasteiger partial charge on any atom is -0.466 e. The van der Waals surface area contributed by atoms with E-state index in [1.54, 1.807) is 0 Å². The predicted molar refractivity (Wildman–Crippen MR) is 45.4 cm³/mol. The minimum atomic E-state index is -0.0522. The summed E-state index contributed by atoms with van der Waals surface area (Å²) in [6, 6.07) is 0. The Bertz CT molecular complexity index is 105. The molecule has 0 unspecified atom stereocenters. The van der Waals surface area contributed by atoms with Crippen molar-refractivity contribution >= 4 is 5.97 Å². The van der Waals surface area contributed by atoms with Crippen LogP contribution in [0, 0.1) is 0 Å². The van der Waals surface area contributed by atoms with Gasteiger partial charge in [0.15, 0.2) is 0 Å². The Labute approximate surface area is 87.8 Å². The first-order valence-electron chi connectivity index (χ1n) is 4.46. The third-order valence-corrected chi connectivity index (χ3v) is 1.54. The van der Waals surface area contributed by atoms with Crippen molar-refractivity contribution in [3.05, 3.63) is 0 Å². The van der Waals surface area contributed by atoms with E-state index in [-0.39, 0.29) is 25.4 Å². The zero-order chi connectivity index (χ0) is 8.53. The Morgan fingerprint density at radius 2 is 1.83 bits per heavy atom. The van der Waals surface area contributed by atoms with Crippen molar-refractivity contribution in [3.8, 4) is 0 Å². The molecule has 0 fully saturated rings. The van der Waals surface area contributed by atoms with Gasteiger partial charge in [-0.2, -0.15) is 0 Å². The van der Waals surface area contributed by atoms with E-state index in [4.69, 9.17) is 4.74 Å². The number of hydrogen-bond acceptors (Lipinski definition) is 2. The van der Waals surface area contributed by atoms with Crippen molar-refractivity contribution in [2.24, 2.45) is 0 Å². The van der Waals surface area contributed by atoms with Crippen LogP contribution < -0.4 is 0 Å². The van der Waals surface area contributed by atoms with Crippen LogP contribution in [0.5, 0.6) is 0 Å². The van der Waals surface area contributed by atoms with E-state index in [1.165, 1.54) is 12.8 Å². The fourth-order valence-corrected chi connectivity index (χ4v) is 0.929. The summed E-state index contributed by atoms with van der Waals surface area (Å²) in [5.74, 6) is -0.0522. The number of esters is 1. The van der Waals surface area contributed by atoms with Crippen LogP contribution in [0.15, 0.2) is 0 Å². The Hall–Kier alpha value is 0.0934. The van der Waals surface area contributed by atoms with Gasteiger partial charge >= 0.3 is 5.97 Å². The molecule has 3 heteroatoms. The summed E-state index contributed by atoms with van der Waals surface area (Å²) < 4.78 is 4.78. The molecule has 0 aromatic heterocycles. The van der Waals surface area contributed by atoms with E-state index < -0.39 is 0 Å². The first-order valence-corrected chi connectivity index (χ1v) is 4.46. The molecule has 0 spiro atoms. The van der Waals surface area contributed by atoms with E-state index >= 15 is 0 Å². The van der Waals surface area contributed by atoms with Crippen LogP contribution >= 0.6 is 0 Å². The summed E-state index contributed by atoms with van der Waals surface area (Å²) in [5, 5.41) is 0. The molecule has 0 heterocycles. The first-order chi connectivity index (χ1) is 5.31. The maximum absolute atomic E-state index is 10.8. The average molecular weight is 224 g/mol. The molecule has 0 rings (SSSR count). The van der Waals surface area contributed by atoms with Gasteiger partial charge in [-0.05, 0) is 13.3 Å². The van der Waals surface area contributed by atoms with Crippen LogP contribution in [0.4, 0.5) is 0 Å².